The third kappa shape index (κ3) is 3.58. The van der Waals surface area contributed by atoms with Crippen LogP contribution >= 0.6 is 25.3 Å². The molecule has 1 amide bonds. The van der Waals surface area contributed by atoms with Crippen LogP contribution in [0.2, 0.25) is 0 Å². The molecule has 0 rings (SSSR count). The van der Waals surface area contributed by atoms with Crippen LogP contribution in [0.4, 0.5) is 4.79 Å². The lowest BCUT2D eigenvalue weighted by molar-refractivity contribution is 0.104. The van der Waals surface area contributed by atoms with Gasteiger partial charge in [-0.1, -0.05) is 0 Å². The highest BCUT2D eigenvalue weighted by Crippen LogP contribution is 2.12. The van der Waals surface area contributed by atoms with E-state index < -0.39 is 0 Å². The number of rotatable bonds is 3. The Balaban J connectivity index is 4.20. The van der Waals surface area contributed by atoms with Crippen LogP contribution in [0.1, 0.15) is 20.8 Å². The van der Waals surface area contributed by atoms with Gasteiger partial charge in [0.1, 0.15) is 0 Å². The van der Waals surface area contributed by atoms with Gasteiger partial charge < -0.3 is 4.74 Å². The quantitative estimate of drug-likeness (QED) is 0.550. The fraction of sp³-hybridized carbons (Fsp3) is 0.857. The second-order valence-corrected chi connectivity index (χ2v) is 3.86. The largest absolute Gasteiger partial charge is 0.450 e. The Morgan fingerprint density at radius 3 is 2.08 bits per heavy atom. The van der Waals surface area contributed by atoms with Gasteiger partial charge >= 0.3 is 6.09 Å². The van der Waals surface area contributed by atoms with Crippen molar-refractivity contribution < 1.29 is 9.53 Å². The van der Waals surface area contributed by atoms with E-state index in [9.17, 15) is 4.79 Å². The van der Waals surface area contributed by atoms with Crippen LogP contribution in [0.25, 0.3) is 0 Å². The molecule has 0 saturated heterocycles. The van der Waals surface area contributed by atoms with Gasteiger partial charge in [-0.15, -0.1) is 0 Å². The highest BCUT2D eigenvalue weighted by molar-refractivity contribution is 7.81. The Bertz CT molecular complexity index is 142. The van der Waals surface area contributed by atoms with Crippen LogP contribution in [-0.2, 0) is 4.74 Å². The van der Waals surface area contributed by atoms with Gasteiger partial charge in [-0.25, -0.2) is 4.79 Å². The highest BCUT2D eigenvalue weighted by Gasteiger charge is 2.21. The van der Waals surface area contributed by atoms with E-state index in [2.05, 4.69) is 25.3 Å². The second kappa shape index (κ2) is 5.59. The summed E-state index contributed by atoms with van der Waals surface area (Å²) in [6, 6.07) is 0. The molecule has 0 aromatic heterocycles. The molecule has 0 aliphatic carbocycles. The fourth-order valence-electron chi connectivity index (χ4n) is 0.815. The summed E-state index contributed by atoms with van der Waals surface area (Å²) in [4.78, 5) is 12.7. The number of amides is 1. The highest BCUT2D eigenvalue weighted by atomic mass is 32.1. The number of hydrogen-bond donors (Lipinski definition) is 2. The molecular weight excluding hydrogens is 194 g/mol. The second-order valence-electron chi connectivity index (χ2n) is 2.37. The van der Waals surface area contributed by atoms with Gasteiger partial charge in [-0.05, 0) is 20.8 Å². The number of nitrogens with zero attached hydrogens (tertiary/aromatic N) is 1. The maximum Gasteiger partial charge on any atom is 0.411 e. The Labute approximate surface area is 84.3 Å². The summed E-state index contributed by atoms with van der Waals surface area (Å²) in [6.45, 7) is 5.73. The molecule has 0 N–H and O–H groups in total. The third-order valence-corrected chi connectivity index (χ3v) is 1.78. The monoisotopic (exact) mass is 209 g/mol. The van der Waals surface area contributed by atoms with Crippen LogP contribution in [0.3, 0.4) is 0 Å². The predicted molar refractivity (Wildman–Crippen MR) is 55.8 cm³/mol. The first kappa shape index (κ1) is 12.0. The maximum atomic E-state index is 11.2. The van der Waals surface area contributed by atoms with Crippen molar-refractivity contribution >= 4 is 31.4 Å². The fourth-order valence-corrected chi connectivity index (χ4v) is 1.51. The van der Waals surface area contributed by atoms with E-state index in [1.807, 2.05) is 0 Å². The zero-order valence-corrected chi connectivity index (χ0v) is 9.31. The van der Waals surface area contributed by atoms with E-state index in [1.165, 1.54) is 4.90 Å². The minimum Gasteiger partial charge on any atom is -0.450 e. The summed E-state index contributed by atoms with van der Waals surface area (Å²) in [5.74, 6) is 0. The summed E-state index contributed by atoms with van der Waals surface area (Å²) in [5.41, 5.74) is 0. The Hall–Kier alpha value is -0.0300. The molecule has 2 atom stereocenters. The zero-order chi connectivity index (χ0) is 9.72. The number of ether oxygens (including phenoxy) is 1. The zero-order valence-electron chi connectivity index (χ0n) is 7.52. The number of thiol groups is 2. The first-order chi connectivity index (χ1) is 5.50. The first-order valence-electron chi connectivity index (χ1n) is 3.82. The molecule has 0 aliphatic heterocycles. The van der Waals surface area contributed by atoms with Gasteiger partial charge in [0.25, 0.3) is 0 Å². The van der Waals surface area contributed by atoms with Gasteiger partial charge in [-0.2, -0.15) is 25.3 Å². The van der Waals surface area contributed by atoms with Crippen molar-refractivity contribution in [1.29, 1.82) is 0 Å². The van der Waals surface area contributed by atoms with Crippen molar-refractivity contribution in [2.45, 2.75) is 31.5 Å². The summed E-state index contributed by atoms with van der Waals surface area (Å²) >= 11 is 8.28. The van der Waals surface area contributed by atoms with Gasteiger partial charge in [-0.3, -0.25) is 4.90 Å². The number of hydrogen-bond acceptors (Lipinski definition) is 4. The third-order valence-electron chi connectivity index (χ3n) is 1.28. The van der Waals surface area contributed by atoms with E-state index in [0.717, 1.165) is 0 Å². The summed E-state index contributed by atoms with van der Waals surface area (Å²) in [7, 11) is 0. The molecule has 0 radical (unpaired) electrons. The van der Waals surface area contributed by atoms with Gasteiger partial charge in [0.15, 0.2) is 0 Å². The molecule has 72 valence electrons. The van der Waals surface area contributed by atoms with Crippen molar-refractivity contribution in [1.82, 2.24) is 4.90 Å². The summed E-state index contributed by atoms with van der Waals surface area (Å²) in [6.07, 6.45) is -0.373. The molecule has 0 aliphatic rings. The minimum absolute atomic E-state index is 0.184. The molecule has 0 bridgehead atoms. The average Bonchev–Trinajstić information content (AvgIpc) is 1.85. The lowest BCUT2D eigenvalue weighted by Crippen LogP contribution is -2.40. The molecule has 0 aromatic rings. The van der Waals surface area contributed by atoms with Gasteiger partial charge in [0.2, 0.25) is 0 Å². The molecule has 2 unspecified atom stereocenters. The van der Waals surface area contributed by atoms with Crippen LogP contribution in [0.5, 0.6) is 0 Å². The Morgan fingerprint density at radius 1 is 1.42 bits per heavy atom. The molecule has 3 nitrogen and oxygen atoms in total. The molecular formula is C7H15NO2S2. The lowest BCUT2D eigenvalue weighted by atomic mass is 10.5. The van der Waals surface area contributed by atoms with Gasteiger partial charge in [0.05, 0.1) is 17.4 Å². The van der Waals surface area contributed by atoms with E-state index in [4.69, 9.17) is 4.74 Å². The number of carbonyl (C=O) groups is 1. The predicted octanol–water partition coefficient (Wildman–Crippen LogP) is 2.00. The molecule has 0 spiro atoms. The standard InChI is InChI=1S/C7H15NO2S2/c1-4-10-7(9)8(5(2)11)6(3)12/h5-6,11-12H,4H2,1-3H3. The van der Waals surface area contributed by atoms with Crippen LogP contribution in [0.15, 0.2) is 0 Å². The normalized spacial score (nSPS) is 15.1. The van der Waals surface area contributed by atoms with Crippen LogP contribution < -0.4 is 0 Å². The molecule has 0 aromatic carbocycles. The molecule has 0 fully saturated rings. The summed E-state index contributed by atoms with van der Waals surface area (Å²) < 4.78 is 4.82. The Morgan fingerprint density at radius 2 is 1.83 bits per heavy atom. The lowest BCUT2D eigenvalue weighted by Gasteiger charge is -2.27. The topological polar surface area (TPSA) is 29.5 Å². The smallest absolute Gasteiger partial charge is 0.411 e. The van der Waals surface area contributed by atoms with E-state index in [1.54, 1.807) is 20.8 Å². The SMILES string of the molecule is CCOC(=O)N(C(C)S)C(C)S. The number of carbonyl (C=O) groups excluding carboxylic acids is 1. The van der Waals surface area contributed by atoms with Crippen molar-refractivity contribution in [3.63, 3.8) is 0 Å². The first-order valence-corrected chi connectivity index (χ1v) is 4.85. The average molecular weight is 209 g/mol. The van der Waals surface area contributed by atoms with E-state index in [0.29, 0.717) is 6.61 Å². The molecule has 5 heteroatoms. The van der Waals surface area contributed by atoms with Crippen molar-refractivity contribution in [2.75, 3.05) is 6.61 Å². The Kier molecular flexibility index (Phi) is 5.57. The van der Waals surface area contributed by atoms with Crippen molar-refractivity contribution in [2.24, 2.45) is 0 Å². The summed E-state index contributed by atoms with van der Waals surface area (Å²) in [5, 5.41) is -0.368. The van der Waals surface area contributed by atoms with Crippen molar-refractivity contribution in [3.05, 3.63) is 0 Å². The molecule has 12 heavy (non-hydrogen) atoms. The van der Waals surface area contributed by atoms with E-state index in [-0.39, 0.29) is 16.8 Å². The minimum atomic E-state index is -0.373. The van der Waals surface area contributed by atoms with Gasteiger partial charge in [0, 0.05) is 0 Å². The maximum absolute atomic E-state index is 11.2. The molecule has 0 saturated carbocycles. The molecule has 0 heterocycles. The van der Waals surface area contributed by atoms with Crippen LogP contribution in [-0.4, -0.2) is 28.3 Å². The van der Waals surface area contributed by atoms with Crippen LogP contribution in [0, 0.1) is 0 Å². The van der Waals surface area contributed by atoms with Crippen molar-refractivity contribution in [3.8, 4) is 0 Å². The van der Waals surface area contributed by atoms with E-state index >= 15 is 0 Å².